The zero-order valence-corrected chi connectivity index (χ0v) is 20.4. The van der Waals surface area contributed by atoms with Crippen LogP contribution in [0.4, 0.5) is 0 Å². The normalized spacial score (nSPS) is 14.4. The number of hydrogen-bond donors (Lipinski definition) is 1. The van der Waals surface area contributed by atoms with Gasteiger partial charge in [0.15, 0.2) is 0 Å². The molecular weight excluding hydrogens is 404 g/mol. The molecule has 0 saturated heterocycles. The Morgan fingerprint density at radius 1 is 1.03 bits per heavy atom. The van der Waals surface area contributed by atoms with Crippen LogP contribution in [0.5, 0.6) is 0 Å². The molecule has 0 amide bonds. The van der Waals surface area contributed by atoms with E-state index < -0.39 is 14.4 Å². The van der Waals surface area contributed by atoms with Crippen LogP contribution in [0.15, 0.2) is 72.8 Å². The van der Waals surface area contributed by atoms with E-state index in [1.165, 1.54) is 16.4 Å². The number of aliphatic hydroxyl groups excluding tert-OH is 1. The van der Waals surface area contributed by atoms with Crippen molar-refractivity contribution in [3.8, 4) is 0 Å². The Balaban J connectivity index is 2.27. The minimum atomic E-state index is -2.64. The molecule has 2 aromatic rings. The van der Waals surface area contributed by atoms with Crippen molar-refractivity contribution in [1.29, 1.82) is 0 Å². The molecule has 0 spiro atoms. The molecule has 0 aromatic heterocycles. The molecule has 0 heterocycles. The molecule has 0 unspecified atom stereocenters. The van der Waals surface area contributed by atoms with Crippen LogP contribution in [0.1, 0.15) is 47.5 Å². The van der Waals surface area contributed by atoms with E-state index in [2.05, 4.69) is 69.3 Å². The summed E-state index contributed by atoms with van der Waals surface area (Å²) in [5.41, 5.74) is 0. The molecule has 168 valence electrons. The molecule has 4 nitrogen and oxygen atoms in total. The van der Waals surface area contributed by atoms with Crippen molar-refractivity contribution in [1.82, 2.24) is 0 Å². The van der Waals surface area contributed by atoms with Gasteiger partial charge in [-0.3, -0.25) is 0 Å². The first-order valence-electron chi connectivity index (χ1n) is 11.0. The van der Waals surface area contributed by atoms with E-state index in [9.17, 15) is 9.90 Å². The molecule has 2 atom stereocenters. The molecule has 0 aliphatic carbocycles. The van der Waals surface area contributed by atoms with Gasteiger partial charge in [0.2, 0.25) is 0 Å². The highest BCUT2D eigenvalue weighted by molar-refractivity contribution is 6.99. The first-order chi connectivity index (χ1) is 14.7. The summed E-state index contributed by atoms with van der Waals surface area (Å²) in [5.74, 6) is -0.383. The third-order valence-corrected chi connectivity index (χ3v) is 10.5. The van der Waals surface area contributed by atoms with Gasteiger partial charge in [-0.25, -0.2) is 4.79 Å². The van der Waals surface area contributed by atoms with Gasteiger partial charge in [-0.05, 0) is 42.1 Å². The predicted octanol–water partition coefficient (Wildman–Crippen LogP) is 4.21. The molecule has 1 N–H and O–H groups in total. The van der Waals surface area contributed by atoms with E-state index in [1.807, 2.05) is 19.1 Å². The number of aliphatic hydroxyl groups is 1. The van der Waals surface area contributed by atoms with Crippen LogP contribution >= 0.6 is 0 Å². The molecule has 0 bridgehead atoms. The monoisotopic (exact) mass is 440 g/mol. The standard InChI is InChI=1S/C26H36O4Si/c1-6-29-25(28)19-13-14-22(27)20-21(2)30-31(26(3,4)5,23-15-9-7-10-16-23)24-17-11-8-12-18-24/h7-13,15-19,21-22,27H,6,14,20H2,1-5H3/b19-13+/t21-,22+/m0/s1. The fourth-order valence-electron chi connectivity index (χ4n) is 4.03. The Bertz CT molecular complexity index is 788. The maximum absolute atomic E-state index is 11.4. The maximum Gasteiger partial charge on any atom is 0.330 e. The lowest BCUT2D eigenvalue weighted by Crippen LogP contribution is -2.67. The molecule has 2 rings (SSSR count). The topological polar surface area (TPSA) is 55.8 Å². The van der Waals surface area contributed by atoms with Crippen LogP contribution in [-0.4, -0.2) is 38.2 Å². The largest absolute Gasteiger partial charge is 0.463 e. The maximum atomic E-state index is 11.4. The molecule has 0 fully saturated rings. The smallest absolute Gasteiger partial charge is 0.330 e. The van der Waals surface area contributed by atoms with Crippen molar-refractivity contribution in [3.05, 3.63) is 72.8 Å². The van der Waals surface area contributed by atoms with Crippen molar-refractivity contribution in [3.63, 3.8) is 0 Å². The third kappa shape index (κ3) is 6.63. The Morgan fingerprint density at radius 3 is 2.00 bits per heavy atom. The van der Waals surface area contributed by atoms with E-state index in [1.54, 1.807) is 13.0 Å². The van der Waals surface area contributed by atoms with Gasteiger partial charge in [-0.15, -0.1) is 0 Å². The average molecular weight is 441 g/mol. The van der Waals surface area contributed by atoms with Crippen LogP contribution in [-0.2, 0) is 14.0 Å². The third-order valence-electron chi connectivity index (χ3n) is 5.35. The molecule has 2 aromatic carbocycles. The second kappa shape index (κ2) is 11.4. The fraction of sp³-hybridized carbons (Fsp3) is 0.423. The van der Waals surface area contributed by atoms with Gasteiger partial charge in [-0.2, -0.15) is 0 Å². The SMILES string of the molecule is CCOC(=O)/C=C/C[C@@H](O)C[C@H](C)O[Si](c1ccccc1)(c1ccccc1)C(C)(C)C. The molecular formula is C26H36O4Si. The summed E-state index contributed by atoms with van der Waals surface area (Å²) >= 11 is 0. The minimum Gasteiger partial charge on any atom is -0.463 e. The van der Waals surface area contributed by atoms with Crippen molar-refractivity contribution >= 4 is 24.7 Å². The van der Waals surface area contributed by atoms with E-state index in [0.29, 0.717) is 19.4 Å². The van der Waals surface area contributed by atoms with Gasteiger partial charge in [0.25, 0.3) is 8.32 Å². The summed E-state index contributed by atoms with van der Waals surface area (Å²) in [6.07, 6.45) is 3.15. The number of hydrogen-bond acceptors (Lipinski definition) is 4. The Hall–Kier alpha value is -2.21. The van der Waals surface area contributed by atoms with Crippen LogP contribution < -0.4 is 10.4 Å². The fourth-order valence-corrected chi connectivity index (χ4v) is 8.75. The highest BCUT2D eigenvalue weighted by Gasteiger charge is 2.51. The average Bonchev–Trinajstić information content (AvgIpc) is 2.72. The second-order valence-electron chi connectivity index (χ2n) is 8.87. The highest BCUT2D eigenvalue weighted by Crippen LogP contribution is 2.37. The van der Waals surface area contributed by atoms with E-state index in [-0.39, 0.29) is 17.1 Å². The predicted molar refractivity (Wildman–Crippen MR) is 129 cm³/mol. The molecule has 0 saturated carbocycles. The number of esters is 1. The number of rotatable bonds is 10. The van der Waals surface area contributed by atoms with Gasteiger partial charge < -0.3 is 14.3 Å². The van der Waals surface area contributed by atoms with E-state index in [0.717, 1.165) is 0 Å². The highest BCUT2D eigenvalue weighted by atomic mass is 28.4. The molecule has 0 aliphatic heterocycles. The lowest BCUT2D eigenvalue weighted by molar-refractivity contribution is -0.137. The summed E-state index contributed by atoms with van der Waals surface area (Å²) in [6, 6.07) is 21.0. The Kier molecular flexibility index (Phi) is 9.23. The summed E-state index contributed by atoms with van der Waals surface area (Å²) in [6.45, 7) is 10.9. The number of carbonyl (C=O) groups is 1. The number of ether oxygens (including phenoxy) is 1. The van der Waals surface area contributed by atoms with Crippen molar-refractivity contribution in [2.24, 2.45) is 0 Å². The van der Waals surface area contributed by atoms with E-state index in [4.69, 9.17) is 9.16 Å². The minimum absolute atomic E-state index is 0.112. The van der Waals surface area contributed by atoms with E-state index >= 15 is 0 Å². The quantitative estimate of drug-likeness (QED) is 0.342. The van der Waals surface area contributed by atoms with Crippen LogP contribution in [0, 0.1) is 0 Å². The number of benzene rings is 2. The summed E-state index contributed by atoms with van der Waals surface area (Å²) in [4.78, 5) is 11.4. The van der Waals surface area contributed by atoms with Gasteiger partial charge in [-0.1, -0.05) is 87.5 Å². The zero-order chi connectivity index (χ0) is 22.9. The van der Waals surface area contributed by atoms with Crippen LogP contribution in [0.3, 0.4) is 0 Å². The number of carbonyl (C=O) groups excluding carboxylic acids is 1. The van der Waals surface area contributed by atoms with Crippen LogP contribution in [0.2, 0.25) is 5.04 Å². The zero-order valence-electron chi connectivity index (χ0n) is 19.4. The van der Waals surface area contributed by atoms with Gasteiger partial charge in [0.1, 0.15) is 0 Å². The lowest BCUT2D eigenvalue weighted by Gasteiger charge is -2.45. The summed E-state index contributed by atoms with van der Waals surface area (Å²) in [7, 11) is -2.64. The second-order valence-corrected chi connectivity index (χ2v) is 13.1. The lowest BCUT2D eigenvalue weighted by atomic mass is 10.1. The first-order valence-corrected chi connectivity index (χ1v) is 12.9. The van der Waals surface area contributed by atoms with Crippen molar-refractivity contribution in [2.75, 3.05) is 6.61 Å². The van der Waals surface area contributed by atoms with Crippen molar-refractivity contribution in [2.45, 2.75) is 64.7 Å². The van der Waals surface area contributed by atoms with Crippen molar-refractivity contribution < 1.29 is 19.1 Å². The molecule has 0 radical (unpaired) electrons. The van der Waals surface area contributed by atoms with Gasteiger partial charge in [0, 0.05) is 12.2 Å². The molecule has 5 heteroatoms. The van der Waals surface area contributed by atoms with Gasteiger partial charge >= 0.3 is 5.97 Å². The summed E-state index contributed by atoms with van der Waals surface area (Å²) in [5, 5.41) is 12.9. The van der Waals surface area contributed by atoms with Gasteiger partial charge in [0.05, 0.1) is 12.7 Å². The molecule has 31 heavy (non-hydrogen) atoms. The summed E-state index contributed by atoms with van der Waals surface area (Å²) < 4.78 is 11.9. The Morgan fingerprint density at radius 2 is 1.55 bits per heavy atom. The Labute approximate surface area is 188 Å². The molecule has 0 aliphatic rings. The van der Waals surface area contributed by atoms with Crippen LogP contribution in [0.25, 0.3) is 0 Å². The first kappa shape index (κ1) is 25.1.